The van der Waals surface area contributed by atoms with E-state index in [1.54, 1.807) is 37.5 Å². The summed E-state index contributed by atoms with van der Waals surface area (Å²) in [6.45, 7) is 1.82. The minimum absolute atomic E-state index is 0.174. The van der Waals surface area contributed by atoms with Crippen molar-refractivity contribution in [2.45, 2.75) is 12.6 Å². The van der Waals surface area contributed by atoms with E-state index in [9.17, 15) is 9.90 Å². The molecular formula is C17H17N3O3S. The molecule has 1 unspecified atom stereocenters. The molecule has 0 radical (unpaired) electrons. The molecule has 1 aromatic carbocycles. The Balaban J connectivity index is 2.13. The van der Waals surface area contributed by atoms with E-state index in [1.165, 1.54) is 4.90 Å². The summed E-state index contributed by atoms with van der Waals surface area (Å²) in [5, 5.41) is 14.8. The van der Waals surface area contributed by atoms with E-state index in [1.807, 2.05) is 18.2 Å². The van der Waals surface area contributed by atoms with Crippen LogP contribution in [0.4, 0.5) is 5.69 Å². The lowest BCUT2D eigenvalue weighted by Crippen LogP contribution is -2.57. The number of hydrogen-bond acceptors (Lipinski definition) is 5. The number of rotatable bonds is 4. The van der Waals surface area contributed by atoms with Gasteiger partial charge in [0.25, 0.3) is 0 Å². The Hall–Kier alpha value is -2.51. The van der Waals surface area contributed by atoms with Gasteiger partial charge in [0.05, 0.1) is 18.5 Å². The van der Waals surface area contributed by atoms with Crippen molar-refractivity contribution in [1.29, 1.82) is 0 Å². The molecule has 3 rings (SSSR count). The van der Waals surface area contributed by atoms with Gasteiger partial charge in [-0.1, -0.05) is 30.3 Å². The zero-order valence-electron chi connectivity index (χ0n) is 13.1. The zero-order valence-corrected chi connectivity index (χ0v) is 13.9. The molecule has 0 aliphatic carbocycles. The van der Waals surface area contributed by atoms with E-state index in [2.05, 4.69) is 10.3 Å². The number of fused-ring (bicyclic) bond motifs is 1. The molecular weight excluding hydrogens is 326 g/mol. The van der Waals surface area contributed by atoms with Gasteiger partial charge in [-0.3, -0.25) is 9.78 Å². The summed E-state index contributed by atoms with van der Waals surface area (Å²) in [5.74, 6) is -0.464. The molecule has 7 heteroatoms. The van der Waals surface area contributed by atoms with Crippen LogP contribution >= 0.6 is 12.2 Å². The summed E-state index contributed by atoms with van der Waals surface area (Å²) in [5.41, 5.74) is 0.190. The lowest BCUT2D eigenvalue weighted by atomic mass is 9.90. The molecule has 0 spiro atoms. The predicted molar refractivity (Wildman–Crippen MR) is 93.2 cm³/mol. The number of nitrogens with one attached hydrogen (secondary N) is 1. The van der Waals surface area contributed by atoms with Crippen LogP contribution < -0.4 is 5.32 Å². The summed E-state index contributed by atoms with van der Waals surface area (Å²) >= 11 is 5.37. The van der Waals surface area contributed by atoms with E-state index in [-0.39, 0.29) is 18.3 Å². The maximum absolute atomic E-state index is 12.0. The number of hydrogen-bond donors (Lipinski definition) is 2. The quantitative estimate of drug-likeness (QED) is 0.648. The second-order valence-corrected chi connectivity index (χ2v) is 5.67. The van der Waals surface area contributed by atoms with Crippen LogP contribution in [0.15, 0.2) is 48.8 Å². The van der Waals surface area contributed by atoms with E-state index < -0.39 is 11.7 Å². The average molecular weight is 343 g/mol. The van der Waals surface area contributed by atoms with Crippen LogP contribution in [0.5, 0.6) is 0 Å². The lowest BCUT2D eigenvalue weighted by Gasteiger charge is -2.45. The van der Waals surface area contributed by atoms with Gasteiger partial charge in [-0.15, -0.1) is 0 Å². The highest BCUT2D eigenvalue weighted by atomic mass is 32.1. The third kappa shape index (κ3) is 2.72. The molecule has 1 aliphatic heterocycles. The van der Waals surface area contributed by atoms with Crippen molar-refractivity contribution in [3.05, 3.63) is 59.9 Å². The number of anilines is 1. The van der Waals surface area contributed by atoms with E-state index in [4.69, 9.17) is 17.0 Å². The number of esters is 1. The van der Waals surface area contributed by atoms with Crippen LogP contribution in [0.25, 0.3) is 0 Å². The Morgan fingerprint density at radius 3 is 2.83 bits per heavy atom. The fourth-order valence-electron chi connectivity index (χ4n) is 2.78. The van der Waals surface area contributed by atoms with Crippen LogP contribution in [0, 0.1) is 0 Å². The molecule has 0 saturated carbocycles. The van der Waals surface area contributed by atoms with Gasteiger partial charge in [0.2, 0.25) is 0 Å². The van der Waals surface area contributed by atoms with Gasteiger partial charge in [0.1, 0.15) is 6.54 Å². The average Bonchev–Trinajstić information content (AvgIpc) is 2.60. The third-order valence-corrected chi connectivity index (χ3v) is 4.17. The summed E-state index contributed by atoms with van der Waals surface area (Å²) < 4.78 is 5.02. The number of thiocarbonyl (C=S) groups is 1. The van der Waals surface area contributed by atoms with Crippen molar-refractivity contribution in [3.8, 4) is 0 Å². The topological polar surface area (TPSA) is 74.7 Å². The van der Waals surface area contributed by atoms with E-state index in [0.717, 1.165) is 0 Å². The largest absolute Gasteiger partial charge is 0.465 e. The van der Waals surface area contributed by atoms with Gasteiger partial charge >= 0.3 is 5.97 Å². The summed E-state index contributed by atoms with van der Waals surface area (Å²) in [6, 6.07) is 10.8. The van der Waals surface area contributed by atoms with Crippen LogP contribution in [0.2, 0.25) is 0 Å². The summed E-state index contributed by atoms with van der Waals surface area (Å²) in [4.78, 5) is 17.5. The fourth-order valence-corrected chi connectivity index (χ4v) is 3.08. The van der Waals surface area contributed by atoms with Gasteiger partial charge in [-0.25, -0.2) is 0 Å². The lowest BCUT2D eigenvalue weighted by molar-refractivity contribution is -0.148. The molecule has 124 valence electrons. The maximum atomic E-state index is 12.0. The van der Waals surface area contributed by atoms with Crippen molar-refractivity contribution < 1.29 is 14.6 Å². The molecule has 0 fully saturated rings. The van der Waals surface area contributed by atoms with Gasteiger partial charge in [-0.2, -0.15) is 0 Å². The smallest absolute Gasteiger partial charge is 0.325 e. The number of benzene rings is 1. The zero-order chi connectivity index (χ0) is 17.2. The number of nitrogens with zero attached hydrogens (tertiary/aromatic N) is 2. The number of aliphatic hydroxyl groups is 1. The van der Waals surface area contributed by atoms with Gasteiger partial charge in [0, 0.05) is 17.3 Å². The highest BCUT2D eigenvalue weighted by Crippen LogP contribution is 2.40. The number of pyridine rings is 1. The van der Waals surface area contributed by atoms with Crippen LogP contribution in [0.1, 0.15) is 18.1 Å². The Morgan fingerprint density at radius 2 is 2.12 bits per heavy atom. The first-order valence-corrected chi connectivity index (χ1v) is 7.94. The molecule has 0 saturated heterocycles. The number of carbonyl (C=O) groups is 1. The molecule has 2 aromatic rings. The summed E-state index contributed by atoms with van der Waals surface area (Å²) in [6.07, 6.45) is 3.18. The van der Waals surface area contributed by atoms with Gasteiger partial charge < -0.3 is 20.1 Å². The van der Waals surface area contributed by atoms with Crippen molar-refractivity contribution in [2.75, 3.05) is 18.5 Å². The fraction of sp³-hybridized carbons (Fsp3) is 0.235. The number of carbonyl (C=O) groups excluding carboxylic acids is 1. The monoisotopic (exact) mass is 343 g/mol. The molecule has 24 heavy (non-hydrogen) atoms. The Kier molecular flexibility index (Phi) is 4.46. The molecule has 6 nitrogen and oxygen atoms in total. The highest BCUT2D eigenvalue weighted by molar-refractivity contribution is 7.80. The molecule has 0 amide bonds. The van der Waals surface area contributed by atoms with Crippen LogP contribution in [0.3, 0.4) is 0 Å². The maximum Gasteiger partial charge on any atom is 0.325 e. The Bertz CT molecular complexity index is 769. The van der Waals surface area contributed by atoms with E-state index in [0.29, 0.717) is 16.8 Å². The number of ether oxygens (including phenoxy) is 1. The molecule has 0 bridgehead atoms. The second kappa shape index (κ2) is 6.54. The van der Waals surface area contributed by atoms with Crippen LogP contribution in [-0.2, 0) is 15.3 Å². The van der Waals surface area contributed by atoms with E-state index >= 15 is 0 Å². The third-order valence-electron chi connectivity index (χ3n) is 3.84. The summed E-state index contributed by atoms with van der Waals surface area (Å²) in [7, 11) is 0. The normalized spacial score (nSPS) is 19.4. The second-order valence-electron chi connectivity index (χ2n) is 5.28. The molecule has 1 aromatic heterocycles. The van der Waals surface area contributed by atoms with Crippen molar-refractivity contribution in [3.63, 3.8) is 0 Å². The first kappa shape index (κ1) is 16.4. The highest BCUT2D eigenvalue weighted by Gasteiger charge is 2.45. The molecule has 2 N–H and O–H groups in total. The minimum Gasteiger partial charge on any atom is -0.465 e. The number of aromatic nitrogens is 1. The van der Waals surface area contributed by atoms with Gasteiger partial charge in [-0.05, 0) is 25.2 Å². The van der Waals surface area contributed by atoms with Gasteiger partial charge in [0.15, 0.2) is 10.8 Å². The first-order chi connectivity index (χ1) is 11.6. The van der Waals surface area contributed by atoms with Crippen LogP contribution in [-0.4, -0.2) is 39.2 Å². The Labute approximate surface area is 145 Å². The van der Waals surface area contributed by atoms with Crippen molar-refractivity contribution in [1.82, 2.24) is 9.88 Å². The minimum atomic E-state index is -1.59. The molecule has 1 atom stereocenters. The first-order valence-electron chi connectivity index (χ1n) is 7.54. The molecule has 2 heterocycles. The predicted octanol–water partition coefficient (Wildman–Crippen LogP) is 1.85. The standard InChI is InChI=1S/C17H17N3O3S/c1-2-23-15(21)11-20-16(24)19-14-10-18-9-8-13(14)17(20,22)12-6-4-3-5-7-12/h3-10,22H,2,11H2,1H3,(H,19,24). The SMILES string of the molecule is CCOC(=O)CN1C(=S)Nc2cnccc2C1(O)c1ccccc1. The van der Waals surface area contributed by atoms with Crippen molar-refractivity contribution in [2.24, 2.45) is 0 Å². The van der Waals surface area contributed by atoms with Crippen molar-refractivity contribution >= 4 is 29.0 Å². The molecule has 1 aliphatic rings. The Morgan fingerprint density at radius 1 is 1.38 bits per heavy atom.